The SMILES string of the molecule is CC(C)CN1CCC(O)CC1C. The minimum absolute atomic E-state index is 0.0524. The standard InChI is InChI=1S/C10H21NO/c1-8(2)7-11-5-4-10(12)6-9(11)3/h8-10,12H,4-7H2,1-3H3. The van der Waals surface area contributed by atoms with Crippen molar-refractivity contribution in [3.8, 4) is 0 Å². The Morgan fingerprint density at radius 3 is 2.67 bits per heavy atom. The highest BCUT2D eigenvalue weighted by molar-refractivity contribution is 4.78. The molecule has 2 heteroatoms. The number of aliphatic hydroxyl groups excluding tert-OH is 1. The highest BCUT2D eigenvalue weighted by Crippen LogP contribution is 2.17. The highest BCUT2D eigenvalue weighted by atomic mass is 16.3. The van der Waals surface area contributed by atoms with Crippen LogP contribution in [-0.2, 0) is 0 Å². The zero-order valence-electron chi connectivity index (χ0n) is 8.45. The fourth-order valence-electron chi connectivity index (χ4n) is 1.94. The van der Waals surface area contributed by atoms with Crippen molar-refractivity contribution in [1.29, 1.82) is 0 Å². The summed E-state index contributed by atoms with van der Waals surface area (Å²) in [6.45, 7) is 8.95. The quantitative estimate of drug-likeness (QED) is 0.680. The molecule has 1 aliphatic heterocycles. The van der Waals surface area contributed by atoms with Gasteiger partial charge in [-0.1, -0.05) is 13.8 Å². The first-order valence-electron chi connectivity index (χ1n) is 5.01. The number of hydrogen-bond donors (Lipinski definition) is 1. The van der Waals surface area contributed by atoms with Gasteiger partial charge in [-0.05, 0) is 25.7 Å². The summed E-state index contributed by atoms with van der Waals surface area (Å²) in [5.74, 6) is 0.739. The normalized spacial score (nSPS) is 32.8. The van der Waals surface area contributed by atoms with Crippen LogP contribution in [0.4, 0.5) is 0 Å². The molecule has 1 N–H and O–H groups in total. The Hall–Kier alpha value is -0.0800. The van der Waals surface area contributed by atoms with Gasteiger partial charge in [-0.2, -0.15) is 0 Å². The predicted octanol–water partition coefficient (Wildman–Crippen LogP) is 1.49. The summed E-state index contributed by atoms with van der Waals surface area (Å²) >= 11 is 0. The number of hydrogen-bond acceptors (Lipinski definition) is 2. The Morgan fingerprint density at radius 1 is 1.50 bits per heavy atom. The molecule has 1 saturated heterocycles. The maximum Gasteiger partial charge on any atom is 0.0567 e. The van der Waals surface area contributed by atoms with Crippen molar-refractivity contribution in [3.05, 3.63) is 0 Å². The van der Waals surface area contributed by atoms with Crippen LogP contribution >= 0.6 is 0 Å². The van der Waals surface area contributed by atoms with Crippen LogP contribution in [0.1, 0.15) is 33.6 Å². The Morgan fingerprint density at radius 2 is 2.17 bits per heavy atom. The van der Waals surface area contributed by atoms with Crippen molar-refractivity contribution in [2.24, 2.45) is 5.92 Å². The summed E-state index contributed by atoms with van der Waals surface area (Å²) < 4.78 is 0. The molecule has 0 aromatic heterocycles. The second-order valence-electron chi connectivity index (χ2n) is 4.42. The third kappa shape index (κ3) is 2.76. The molecule has 1 fully saturated rings. The molecule has 0 saturated carbocycles. The van der Waals surface area contributed by atoms with E-state index in [9.17, 15) is 5.11 Å². The molecule has 72 valence electrons. The van der Waals surface area contributed by atoms with E-state index < -0.39 is 0 Å². The van der Waals surface area contributed by atoms with Gasteiger partial charge in [0.05, 0.1) is 6.10 Å². The Labute approximate surface area is 75.6 Å². The summed E-state index contributed by atoms with van der Waals surface area (Å²) in [6.07, 6.45) is 1.85. The average Bonchev–Trinajstić information content (AvgIpc) is 1.94. The fraction of sp³-hybridized carbons (Fsp3) is 1.00. The third-order valence-electron chi connectivity index (χ3n) is 2.59. The van der Waals surface area contributed by atoms with Crippen LogP contribution in [0.3, 0.4) is 0 Å². The monoisotopic (exact) mass is 171 g/mol. The molecule has 2 unspecified atom stereocenters. The van der Waals surface area contributed by atoms with Crippen LogP contribution in [0.2, 0.25) is 0 Å². The molecular weight excluding hydrogens is 150 g/mol. The highest BCUT2D eigenvalue weighted by Gasteiger charge is 2.23. The topological polar surface area (TPSA) is 23.5 Å². The maximum atomic E-state index is 9.40. The van der Waals surface area contributed by atoms with Crippen LogP contribution in [0, 0.1) is 5.92 Å². The van der Waals surface area contributed by atoms with Gasteiger partial charge in [0.15, 0.2) is 0 Å². The zero-order chi connectivity index (χ0) is 9.14. The number of nitrogens with zero attached hydrogens (tertiary/aromatic N) is 1. The first-order chi connectivity index (χ1) is 5.59. The molecule has 0 radical (unpaired) electrons. The molecule has 1 rings (SSSR count). The van der Waals surface area contributed by atoms with Crippen molar-refractivity contribution in [3.63, 3.8) is 0 Å². The second-order valence-corrected chi connectivity index (χ2v) is 4.42. The van der Waals surface area contributed by atoms with Gasteiger partial charge in [-0.15, -0.1) is 0 Å². The molecule has 2 atom stereocenters. The number of rotatable bonds is 2. The molecule has 0 spiro atoms. The number of aliphatic hydroxyl groups is 1. The van der Waals surface area contributed by atoms with E-state index in [-0.39, 0.29) is 6.10 Å². The van der Waals surface area contributed by atoms with E-state index in [1.165, 1.54) is 6.54 Å². The van der Waals surface area contributed by atoms with Gasteiger partial charge in [0.2, 0.25) is 0 Å². The van der Waals surface area contributed by atoms with E-state index in [4.69, 9.17) is 0 Å². The van der Waals surface area contributed by atoms with Crippen LogP contribution in [0.15, 0.2) is 0 Å². The summed E-state index contributed by atoms with van der Waals surface area (Å²) in [7, 11) is 0. The van der Waals surface area contributed by atoms with E-state index in [1.807, 2.05) is 0 Å². The number of piperidine rings is 1. The molecule has 0 aliphatic carbocycles. The van der Waals surface area contributed by atoms with Crippen molar-refractivity contribution in [2.75, 3.05) is 13.1 Å². The van der Waals surface area contributed by atoms with E-state index in [1.54, 1.807) is 0 Å². The molecule has 0 amide bonds. The van der Waals surface area contributed by atoms with Gasteiger partial charge in [0, 0.05) is 19.1 Å². The summed E-state index contributed by atoms with van der Waals surface area (Å²) in [5.41, 5.74) is 0. The minimum Gasteiger partial charge on any atom is -0.393 e. The third-order valence-corrected chi connectivity index (χ3v) is 2.59. The van der Waals surface area contributed by atoms with Gasteiger partial charge in [-0.3, -0.25) is 0 Å². The lowest BCUT2D eigenvalue weighted by molar-refractivity contribution is 0.0425. The minimum atomic E-state index is -0.0524. The van der Waals surface area contributed by atoms with Crippen molar-refractivity contribution in [1.82, 2.24) is 4.90 Å². The van der Waals surface area contributed by atoms with Crippen LogP contribution in [0.25, 0.3) is 0 Å². The largest absolute Gasteiger partial charge is 0.393 e. The summed E-state index contributed by atoms with van der Waals surface area (Å²) in [6, 6.07) is 0.566. The van der Waals surface area contributed by atoms with Crippen molar-refractivity contribution < 1.29 is 5.11 Å². The van der Waals surface area contributed by atoms with E-state index >= 15 is 0 Å². The van der Waals surface area contributed by atoms with Crippen LogP contribution in [0.5, 0.6) is 0 Å². The molecule has 0 aromatic carbocycles. The van der Waals surface area contributed by atoms with Crippen LogP contribution < -0.4 is 0 Å². The molecule has 0 bridgehead atoms. The smallest absolute Gasteiger partial charge is 0.0567 e. The van der Waals surface area contributed by atoms with E-state index in [2.05, 4.69) is 25.7 Å². The molecule has 0 aromatic rings. The second kappa shape index (κ2) is 4.24. The fourth-order valence-corrected chi connectivity index (χ4v) is 1.94. The molecule has 1 heterocycles. The van der Waals surface area contributed by atoms with Gasteiger partial charge in [0.25, 0.3) is 0 Å². The van der Waals surface area contributed by atoms with Gasteiger partial charge >= 0.3 is 0 Å². The van der Waals surface area contributed by atoms with Gasteiger partial charge in [-0.25, -0.2) is 0 Å². The lowest BCUT2D eigenvalue weighted by Crippen LogP contribution is -2.44. The lowest BCUT2D eigenvalue weighted by atomic mass is 9.99. The van der Waals surface area contributed by atoms with Crippen molar-refractivity contribution in [2.45, 2.75) is 45.8 Å². The summed E-state index contributed by atoms with van der Waals surface area (Å²) in [4.78, 5) is 2.48. The Bertz CT molecular complexity index is 136. The first kappa shape index (κ1) is 10.0. The predicted molar refractivity (Wildman–Crippen MR) is 51.1 cm³/mol. The number of likely N-dealkylation sites (tertiary alicyclic amines) is 1. The average molecular weight is 171 g/mol. The summed E-state index contributed by atoms with van der Waals surface area (Å²) in [5, 5.41) is 9.40. The Kier molecular flexibility index (Phi) is 3.53. The first-order valence-corrected chi connectivity index (χ1v) is 5.01. The van der Waals surface area contributed by atoms with Crippen LogP contribution in [-0.4, -0.2) is 35.2 Å². The zero-order valence-corrected chi connectivity index (χ0v) is 8.45. The van der Waals surface area contributed by atoms with Gasteiger partial charge in [0.1, 0.15) is 0 Å². The van der Waals surface area contributed by atoms with Crippen molar-refractivity contribution >= 4 is 0 Å². The molecule has 12 heavy (non-hydrogen) atoms. The van der Waals surface area contributed by atoms with E-state index in [0.717, 1.165) is 25.3 Å². The van der Waals surface area contributed by atoms with E-state index in [0.29, 0.717) is 6.04 Å². The maximum absolute atomic E-state index is 9.40. The molecule has 2 nitrogen and oxygen atoms in total. The molecule has 1 aliphatic rings. The Balaban J connectivity index is 2.34. The van der Waals surface area contributed by atoms with Gasteiger partial charge < -0.3 is 10.0 Å². The lowest BCUT2D eigenvalue weighted by Gasteiger charge is -2.36. The molecular formula is C10H21NO.